The van der Waals surface area contributed by atoms with Crippen LogP contribution in [0.5, 0.6) is 0 Å². The topological polar surface area (TPSA) is 131 Å². The predicted octanol–water partition coefficient (Wildman–Crippen LogP) is 3.12. The van der Waals surface area contributed by atoms with Crippen LogP contribution in [0.4, 0.5) is 23.0 Å². The number of fused-ring (bicyclic) bond motifs is 1. The van der Waals surface area contributed by atoms with Gasteiger partial charge in [-0.15, -0.1) is 0 Å². The van der Waals surface area contributed by atoms with Crippen LogP contribution in [0.2, 0.25) is 0 Å². The number of pyridine rings is 2. The third kappa shape index (κ3) is 4.99. The number of morpholine rings is 1. The molecule has 5 rings (SSSR count). The second kappa shape index (κ2) is 10.5. The highest BCUT2D eigenvalue weighted by Gasteiger charge is 2.21. The van der Waals surface area contributed by atoms with Crippen molar-refractivity contribution < 1.29 is 9.53 Å². The summed E-state index contributed by atoms with van der Waals surface area (Å²) in [6.45, 7) is 6.16. The molecule has 4 N–H and O–H groups in total. The molecular formula is C26H26N8O2. The maximum absolute atomic E-state index is 11.7. The Balaban J connectivity index is 1.40. The van der Waals surface area contributed by atoms with Crippen LogP contribution in [0.1, 0.15) is 0 Å². The Hall–Kier alpha value is -4.41. The molecule has 36 heavy (non-hydrogen) atoms. The summed E-state index contributed by atoms with van der Waals surface area (Å²) in [4.78, 5) is 32.1. The largest absolute Gasteiger partial charge is 0.377 e. The number of aromatic nitrogens is 4. The number of nitrogens with zero attached hydrogens (tertiary/aromatic N) is 5. The van der Waals surface area contributed by atoms with Gasteiger partial charge in [0.25, 0.3) is 0 Å². The molecular weight excluding hydrogens is 456 g/mol. The number of hydrogen-bond acceptors (Lipinski definition) is 9. The first kappa shape index (κ1) is 23.3. The average Bonchev–Trinajstić information content (AvgIpc) is 2.93. The van der Waals surface area contributed by atoms with Gasteiger partial charge in [0.1, 0.15) is 11.2 Å². The SMILES string of the molecule is C=CC(=O)Nc1ccnc(-c2nccc3cnc(Nc4ccc(N5CCOC[C@@H]5CN)cc4)nc23)c1. The Kier molecular flexibility index (Phi) is 6.78. The lowest BCUT2D eigenvalue weighted by molar-refractivity contribution is -0.111. The summed E-state index contributed by atoms with van der Waals surface area (Å²) in [5.41, 5.74) is 10.3. The van der Waals surface area contributed by atoms with Gasteiger partial charge in [-0.1, -0.05) is 6.58 Å². The van der Waals surface area contributed by atoms with Crippen molar-refractivity contribution in [2.45, 2.75) is 6.04 Å². The van der Waals surface area contributed by atoms with Gasteiger partial charge in [-0.3, -0.25) is 14.8 Å². The number of anilines is 4. The van der Waals surface area contributed by atoms with E-state index in [9.17, 15) is 4.79 Å². The molecule has 0 aliphatic carbocycles. The van der Waals surface area contributed by atoms with E-state index in [0.717, 1.165) is 23.3 Å². The van der Waals surface area contributed by atoms with E-state index >= 15 is 0 Å². The highest BCUT2D eigenvalue weighted by Crippen LogP contribution is 2.27. The molecule has 0 saturated carbocycles. The molecule has 0 spiro atoms. The fraction of sp³-hybridized carbons (Fsp3) is 0.192. The molecule has 182 valence electrons. The molecule has 1 fully saturated rings. The summed E-state index contributed by atoms with van der Waals surface area (Å²) in [6.07, 6.45) is 6.25. The summed E-state index contributed by atoms with van der Waals surface area (Å²) in [5, 5.41) is 6.83. The average molecular weight is 483 g/mol. The minimum Gasteiger partial charge on any atom is -0.377 e. The molecule has 1 amide bonds. The van der Waals surface area contributed by atoms with E-state index in [1.807, 2.05) is 18.2 Å². The summed E-state index contributed by atoms with van der Waals surface area (Å²) in [5.74, 6) is 0.136. The zero-order chi connectivity index (χ0) is 24.9. The van der Waals surface area contributed by atoms with E-state index in [-0.39, 0.29) is 11.9 Å². The van der Waals surface area contributed by atoms with Crippen LogP contribution >= 0.6 is 0 Å². The number of rotatable bonds is 7. The van der Waals surface area contributed by atoms with Crippen LogP contribution in [0.25, 0.3) is 22.3 Å². The van der Waals surface area contributed by atoms with E-state index in [1.165, 1.54) is 6.08 Å². The quantitative estimate of drug-likeness (QED) is 0.340. The molecule has 10 heteroatoms. The number of carbonyl (C=O) groups excluding carboxylic acids is 1. The van der Waals surface area contributed by atoms with Crippen molar-refractivity contribution in [3.8, 4) is 11.4 Å². The molecule has 0 unspecified atom stereocenters. The third-order valence-corrected chi connectivity index (χ3v) is 5.91. The maximum atomic E-state index is 11.7. The van der Waals surface area contributed by atoms with Crippen LogP contribution in [0.15, 0.2) is 73.7 Å². The molecule has 0 radical (unpaired) electrons. The van der Waals surface area contributed by atoms with E-state index in [4.69, 9.17) is 15.5 Å². The van der Waals surface area contributed by atoms with E-state index in [0.29, 0.717) is 48.3 Å². The van der Waals surface area contributed by atoms with Gasteiger partial charge in [0.05, 0.1) is 24.9 Å². The number of ether oxygens (including phenoxy) is 1. The number of hydrogen-bond donors (Lipinski definition) is 3. The zero-order valence-electron chi connectivity index (χ0n) is 19.6. The van der Waals surface area contributed by atoms with Crippen molar-refractivity contribution in [1.29, 1.82) is 0 Å². The highest BCUT2D eigenvalue weighted by atomic mass is 16.5. The molecule has 4 aromatic rings. The second-order valence-electron chi connectivity index (χ2n) is 8.24. The van der Waals surface area contributed by atoms with Crippen molar-refractivity contribution in [3.63, 3.8) is 0 Å². The number of nitrogens with one attached hydrogen (secondary N) is 2. The normalized spacial score (nSPS) is 15.5. The first-order valence-corrected chi connectivity index (χ1v) is 11.6. The number of benzene rings is 1. The lowest BCUT2D eigenvalue weighted by Crippen LogP contribution is -2.49. The number of carbonyl (C=O) groups is 1. The van der Waals surface area contributed by atoms with E-state index in [1.54, 1.807) is 30.7 Å². The van der Waals surface area contributed by atoms with Crippen molar-refractivity contribution in [3.05, 3.63) is 73.7 Å². The van der Waals surface area contributed by atoms with Gasteiger partial charge >= 0.3 is 0 Å². The van der Waals surface area contributed by atoms with Crippen LogP contribution in [-0.4, -0.2) is 58.2 Å². The van der Waals surface area contributed by atoms with Gasteiger partial charge in [-0.25, -0.2) is 9.97 Å². The molecule has 0 bridgehead atoms. The lowest BCUT2D eigenvalue weighted by Gasteiger charge is -2.36. The van der Waals surface area contributed by atoms with Crippen LogP contribution in [0, 0.1) is 0 Å². The van der Waals surface area contributed by atoms with Gasteiger partial charge in [-0.05, 0) is 48.5 Å². The zero-order valence-corrected chi connectivity index (χ0v) is 19.6. The van der Waals surface area contributed by atoms with Gasteiger partial charge < -0.3 is 26.0 Å². The molecule has 1 aliphatic heterocycles. The van der Waals surface area contributed by atoms with Crippen LogP contribution in [0.3, 0.4) is 0 Å². The molecule has 1 aliphatic rings. The predicted molar refractivity (Wildman–Crippen MR) is 140 cm³/mol. The van der Waals surface area contributed by atoms with Crippen molar-refractivity contribution >= 4 is 39.8 Å². The number of amides is 1. The van der Waals surface area contributed by atoms with E-state index < -0.39 is 0 Å². The second-order valence-corrected chi connectivity index (χ2v) is 8.24. The van der Waals surface area contributed by atoms with E-state index in [2.05, 4.69) is 49.2 Å². The van der Waals surface area contributed by atoms with Crippen molar-refractivity contribution in [2.24, 2.45) is 5.73 Å². The Bertz CT molecular complexity index is 1390. The molecule has 10 nitrogen and oxygen atoms in total. The lowest BCUT2D eigenvalue weighted by atomic mass is 10.1. The molecule has 1 aromatic carbocycles. The Morgan fingerprint density at radius 3 is 2.78 bits per heavy atom. The van der Waals surface area contributed by atoms with Gasteiger partial charge in [0, 0.05) is 54.1 Å². The first-order valence-electron chi connectivity index (χ1n) is 11.6. The van der Waals surface area contributed by atoms with Crippen LogP contribution in [-0.2, 0) is 9.53 Å². The fourth-order valence-electron chi connectivity index (χ4n) is 4.09. The van der Waals surface area contributed by atoms with Crippen molar-refractivity contribution in [2.75, 3.05) is 41.8 Å². The molecule has 1 atom stereocenters. The van der Waals surface area contributed by atoms with Gasteiger partial charge in [0.15, 0.2) is 0 Å². The monoisotopic (exact) mass is 482 g/mol. The minimum absolute atomic E-state index is 0.171. The molecule has 1 saturated heterocycles. The molecule has 4 heterocycles. The molecule has 3 aromatic heterocycles. The Morgan fingerprint density at radius 1 is 1.14 bits per heavy atom. The van der Waals surface area contributed by atoms with Gasteiger partial charge in [0.2, 0.25) is 11.9 Å². The smallest absolute Gasteiger partial charge is 0.247 e. The third-order valence-electron chi connectivity index (χ3n) is 5.91. The Labute approximate surface area is 208 Å². The summed E-state index contributed by atoms with van der Waals surface area (Å²) in [7, 11) is 0. The Morgan fingerprint density at radius 2 is 1.97 bits per heavy atom. The van der Waals surface area contributed by atoms with Crippen molar-refractivity contribution in [1.82, 2.24) is 19.9 Å². The summed E-state index contributed by atoms with van der Waals surface area (Å²) in [6, 6.07) is 13.5. The summed E-state index contributed by atoms with van der Waals surface area (Å²) < 4.78 is 5.55. The highest BCUT2D eigenvalue weighted by molar-refractivity contribution is 5.99. The van der Waals surface area contributed by atoms with Crippen LogP contribution < -0.4 is 21.3 Å². The number of nitrogens with two attached hydrogens (primary N) is 1. The first-order chi connectivity index (χ1) is 17.6. The fourth-order valence-corrected chi connectivity index (χ4v) is 4.09. The van der Waals surface area contributed by atoms with Gasteiger partial charge in [-0.2, -0.15) is 0 Å². The maximum Gasteiger partial charge on any atom is 0.247 e. The standard InChI is InChI=1S/C26H26N8O2/c1-2-23(35)31-19-8-10-28-22(13-19)25-24-17(7-9-29-25)15-30-26(33-24)32-18-3-5-20(6-4-18)34-11-12-36-16-21(34)14-27/h2-10,13,15,21H,1,11-12,14,16,27H2,(H,28,31,35)(H,30,32,33)/t21-/m0/s1. The summed E-state index contributed by atoms with van der Waals surface area (Å²) >= 11 is 0. The minimum atomic E-state index is -0.301.